The molecule has 1 aliphatic rings. The number of carbonyl (C=O) groups excluding carboxylic acids is 2. The van der Waals surface area contributed by atoms with E-state index in [1.54, 1.807) is 31.5 Å². The zero-order chi connectivity index (χ0) is 14.3. The van der Waals surface area contributed by atoms with Crippen LogP contribution >= 0.6 is 11.6 Å². The molecule has 3 heterocycles. The number of amides is 2. The summed E-state index contributed by atoms with van der Waals surface area (Å²) >= 11 is 6.03. The second-order valence-corrected chi connectivity index (χ2v) is 4.63. The van der Waals surface area contributed by atoms with E-state index in [1.807, 2.05) is 0 Å². The molecule has 0 fully saturated rings. The Hall–Kier alpha value is -2.47. The van der Waals surface area contributed by atoms with Crippen LogP contribution in [0.5, 0.6) is 0 Å². The second kappa shape index (κ2) is 4.57. The third-order valence-corrected chi connectivity index (χ3v) is 3.17. The summed E-state index contributed by atoms with van der Waals surface area (Å²) in [5.74, 6) is -0.803. The number of anilines is 1. The van der Waals surface area contributed by atoms with Crippen LogP contribution in [0.25, 0.3) is 5.69 Å². The van der Waals surface area contributed by atoms with Crippen LogP contribution < -0.4 is 4.90 Å². The highest BCUT2D eigenvalue weighted by Gasteiger charge is 2.32. The standard InChI is InChI=1S/C13H9ClN4O2/c1-8-5-11(19)18(13(8)20)10-7-17(16-12(10)14)9-3-2-4-15-6-9/h2-7H,1H3. The Morgan fingerprint density at radius 1 is 1.30 bits per heavy atom. The smallest absolute Gasteiger partial charge is 0.261 e. The summed E-state index contributed by atoms with van der Waals surface area (Å²) < 4.78 is 1.47. The van der Waals surface area contributed by atoms with Gasteiger partial charge in [-0.1, -0.05) is 11.6 Å². The van der Waals surface area contributed by atoms with Crippen molar-refractivity contribution in [1.82, 2.24) is 14.8 Å². The van der Waals surface area contributed by atoms with E-state index in [1.165, 1.54) is 17.0 Å². The van der Waals surface area contributed by atoms with Gasteiger partial charge in [0.15, 0.2) is 5.15 Å². The van der Waals surface area contributed by atoms with Crippen LogP contribution in [0.1, 0.15) is 6.92 Å². The first-order valence-electron chi connectivity index (χ1n) is 5.80. The Labute approximate surface area is 119 Å². The molecule has 0 saturated carbocycles. The lowest BCUT2D eigenvalue weighted by Gasteiger charge is -2.11. The van der Waals surface area contributed by atoms with E-state index >= 15 is 0 Å². The van der Waals surface area contributed by atoms with Crippen molar-refractivity contribution in [1.29, 1.82) is 0 Å². The third-order valence-electron chi connectivity index (χ3n) is 2.90. The minimum absolute atomic E-state index is 0.0821. The van der Waals surface area contributed by atoms with Gasteiger partial charge in [-0.25, -0.2) is 9.58 Å². The van der Waals surface area contributed by atoms with Crippen LogP contribution in [0, 0.1) is 0 Å². The van der Waals surface area contributed by atoms with Gasteiger partial charge in [-0.05, 0) is 19.1 Å². The maximum Gasteiger partial charge on any atom is 0.261 e. The van der Waals surface area contributed by atoms with Gasteiger partial charge in [0.05, 0.1) is 18.1 Å². The summed E-state index contributed by atoms with van der Waals surface area (Å²) in [5, 5.41) is 4.17. The molecule has 0 unspecified atom stereocenters. The Morgan fingerprint density at radius 2 is 2.10 bits per heavy atom. The van der Waals surface area contributed by atoms with Gasteiger partial charge in [0.1, 0.15) is 5.69 Å². The molecule has 6 nitrogen and oxygen atoms in total. The molecule has 2 amide bonds. The molecular weight excluding hydrogens is 280 g/mol. The first kappa shape index (κ1) is 12.6. The van der Waals surface area contributed by atoms with Crippen molar-refractivity contribution in [3.05, 3.63) is 47.5 Å². The molecule has 7 heteroatoms. The fourth-order valence-electron chi connectivity index (χ4n) is 1.93. The molecule has 0 saturated heterocycles. The predicted molar refractivity (Wildman–Crippen MR) is 72.6 cm³/mol. The summed E-state index contributed by atoms with van der Waals surface area (Å²) in [6, 6.07) is 3.54. The van der Waals surface area contributed by atoms with Crippen LogP contribution in [-0.2, 0) is 9.59 Å². The number of hydrogen-bond acceptors (Lipinski definition) is 4. The number of carbonyl (C=O) groups is 2. The molecule has 0 atom stereocenters. The predicted octanol–water partition coefficient (Wildman–Crippen LogP) is 1.74. The molecule has 0 spiro atoms. The van der Waals surface area contributed by atoms with Crippen molar-refractivity contribution < 1.29 is 9.59 Å². The fraction of sp³-hybridized carbons (Fsp3) is 0.0769. The summed E-state index contributed by atoms with van der Waals surface area (Å²) in [6.07, 6.45) is 6.04. The molecule has 0 N–H and O–H groups in total. The average Bonchev–Trinajstić information content (AvgIpc) is 2.92. The molecule has 0 aromatic carbocycles. The normalized spacial score (nSPS) is 14.9. The van der Waals surface area contributed by atoms with Crippen molar-refractivity contribution in [3.63, 3.8) is 0 Å². The first-order valence-corrected chi connectivity index (χ1v) is 6.18. The lowest BCUT2D eigenvalue weighted by atomic mass is 10.3. The molecule has 0 radical (unpaired) electrons. The van der Waals surface area contributed by atoms with Crippen LogP contribution in [0.2, 0.25) is 5.15 Å². The summed E-state index contributed by atoms with van der Waals surface area (Å²) in [6.45, 7) is 1.58. The van der Waals surface area contributed by atoms with E-state index in [-0.39, 0.29) is 16.7 Å². The third kappa shape index (κ3) is 1.90. The van der Waals surface area contributed by atoms with E-state index < -0.39 is 5.91 Å². The van der Waals surface area contributed by atoms with Crippen LogP contribution in [-0.4, -0.2) is 26.6 Å². The molecule has 2 aromatic heterocycles. The number of pyridine rings is 1. The van der Waals surface area contributed by atoms with Gasteiger partial charge in [0.2, 0.25) is 0 Å². The number of aromatic nitrogens is 3. The number of imide groups is 1. The number of halogens is 1. The van der Waals surface area contributed by atoms with E-state index in [0.717, 1.165) is 4.90 Å². The molecule has 100 valence electrons. The molecule has 1 aliphatic heterocycles. The molecule has 0 bridgehead atoms. The van der Waals surface area contributed by atoms with Gasteiger partial charge in [0, 0.05) is 17.8 Å². The first-order chi connectivity index (χ1) is 9.58. The van der Waals surface area contributed by atoms with E-state index in [4.69, 9.17) is 11.6 Å². The lowest BCUT2D eigenvalue weighted by Crippen LogP contribution is -2.30. The SMILES string of the molecule is CC1=CC(=O)N(c2cn(-c3cccnc3)nc2Cl)C1=O. The van der Waals surface area contributed by atoms with Crippen molar-refractivity contribution >= 4 is 29.1 Å². The Kier molecular flexibility index (Phi) is 2.87. The quantitative estimate of drug-likeness (QED) is 0.789. The summed E-state index contributed by atoms with van der Waals surface area (Å²) in [5.41, 5.74) is 1.32. The van der Waals surface area contributed by atoms with Gasteiger partial charge < -0.3 is 0 Å². The van der Waals surface area contributed by atoms with Crippen LogP contribution in [0.3, 0.4) is 0 Å². The maximum atomic E-state index is 11.9. The maximum absolute atomic E-state index is 11.9. The average molecular weight is 289 g/mol. The van der Waals surface area contributed by atoms with Crippen LogP contribution in [0.4, 0.5) is 5.69 Å². The van der Waals surface area contributed by atoms with E-state index in [2.05, 4.69) is 10.1 Å². The van der Waals surface area contributed by atoms with Gasteiger partial charge in [-0.2, -0.15) is 5.10 Å². The van der Waals surface area contributed by atoms with Crippen LogP contribution in [0.15, 0.2) is 42.4 Å². The van der Waals surface area contributed by atoms with Gasteiger partial charge in [0.25, 0.3) is 11.8 Å². The Morgan fingerprint density at radius 3 is 2.70 bits per heavy atom. The molecule has 2 aromatic rings. The Balaban J connectivity index is 2.03. The topological polar surface area (TPSA) is 68.1 Å². The van der Waals surface area contributed by atoms with Crippen molar-refractivity contribution in [2.75, 3.05) is 4.90 Å². The molecule has 3 rings (SSSR count). The monoisotopic (exact) mass is 288 g/mol. The highest BCUT2D eigenvalue weighted by atomic mass is 35.5. The number of rotatable bonds is 2. The summed E-state index contributed by atoms with van der Waals surface area (Å²) in [7, 11) is 0. The van der Waals surface area contributed by atoms with E-state index in [9.17, 15) is 9.59 Å². The summed E-state index contributed by atoms with van der Waals surface area (Å²) in [4.78, 5) is 28.7. The van der Waals surface area contributed by atoms with E-state index in [0.29, 0.717) is 11.3 Å². The zero-order valence-corrected chi connectivity index (χ0v) is 11.2. The largest absolute Gasteiger partial charge is 0.269 e. The molecule has 20 heavy (non-hydrogen) atoms. The minimum Gasteiger partial charge on any atom is -0.269 e. The molecule has 0 aliphatic carbocycles. The zero-order valence-electron chi connectivity index (χ0n) is 10.4. The lowest BCUT2D eigenvalue weighted by molar-refractivity contribution is -0.120. The van der Waals surface area contributed by atoms with Crippen molar-refractivity contribution in [3.8, 4) is 5.69 Å². The highest BCUT2D eigenvalue weighted by Crippen LogP contribution is 2.29. The number of nitrogens with zero attached hydrogens (tertiary/aromatic N) is 4. The minimum atomic E-state index is -0.417. The number of hydrogen-bond donors (Lipinski definition) is 0. The molecular formula is C13H9ClN4O2. The van der Waals surface area contributed by atoms with Gasteiger partial charge in [-0.3, -0.25) is 14.6 Å². The van der Waals surface area contributed by atoms with Crippen molar-refractivity contribution in [2.24, 2.45) is 0 Å². The second-order valence-electron chi connectivity index (χ2n) is 4.27. The fourth-order valence-corrected chi connectivity index (χ4v) is 2.15. The van der Waals surface area contributed by atoms with Gasteiger partial charge in [-0.15, -0.1) is 0 Å². The highest BCUT2D eigenvalue weighted by molar-refractivity contribution is 6.37. The Bertz CT molecular complexity index is 736. The van der Waals surface area contributed by atoms with Crippen molar-refractivity contribution in [2.45, 2.75) is 6.92 Å². The van der Waals surface area contributed by atoms with Gasteiger partial charge >= 0.3 is 0 Å².